The van der Waals surface area contributed by atoms with Crippen LogP contribution in [0.3, 0.4) is 0 Å². The minimum absolute atomic E-state index is 0.00308. The number of carbonyl (C=O) groups excluding carboxylic acids is 1. The third-order valence-electron chi connectivity index (χ3n) is 2.85. The van der Waals surface area contributed by atoms with Gasteiger partial charge in [-0.15, -0.1) is 0 Å². The molecule has 1 heterocycles. The highest BCUT2D eigenvalue weighted by molar-refractivity contribution is 5.78. The smallest absolute Gasteiger partial charge is 0.234 e. The Morgan fingerprint density at radius 3 is 3.12 bits per heavy atom. The number of nitriles is 1. The van der Waals surface area contributed by atoms with Gasteiger partial charge < -0.3 is 10.6 Å². The summed E-state index contributed by atoms with van der Waals surface area (Å²) in [4.78, 5) is 13.6. The monoisotopic (exact) mass is 224 g/mol. The predicted molar refractivity (Wildman–Crippen MR) is 61.8 cm³/mol. The predicted octanol–water partition coefficient (Wildman–Crippen LogP) is -0.300. The Hall–Kier alpha value is -1.12. The molecule has 90 valence electrons. The van der Waals surface area contributed by atoms with Gasteiger partial charge in [0.05, 0.1) is 19.0 Å². The maximum atomic E-state index is 11.5. The van der Waals surface area contributed by atoms with E-state index in [9.17, 15) is 4.79 Å². The zero-order chi connectivity index (χ0) is 11.8. The van der Waals surface area contributed by atoms with E-state index in [1.165, 1.54) is 6.42 Å². The molecule has 0 spiro atoms. The molecule has 5 heteroatoms. The van der Waals surface area contributed by atoms with Crippen LogP contribution in [0.15, 0.2) is 0 Å². The molecule has 16 heavy (non-hydrogen) atoms. The van der Waals surface area contributed by atoms with Gasteiger partial charge in [-0.25, -0.2) is 0 Å². The molecule has 1 aliphatic rings. The molecule has 0 aromatic heterocycles. The molecule has 1 rings (SSSR count). The van der Waals surface area contributed by atoms with Crippen molar-refractivity contribution in [3.05, 3.63) is 0 Å². The highest BCUT2D eigenvalue weighted by atomic mass is 16.2. The average molecular weight is 224 g/mol. The van der Waals surface area contributed by atoms with Gasteiger partial charge in [0.15, 0.2) is 0 Å². The quantitative estimate of drug-likeness (QED) is 0.629. The van der Waals surface area contributed by atoms with Crippen LogP contribution in [-0.2, 0) is 4.79 Å². The Morgan fingerprint density at radius 1 is 1.69 bits per heavy atom. The van der Waals surface area contributed by atoms with Crippen LogP contribution >= 0.6 is 0 Å². The van der Waals surface area contributed by atoms with Crippen molar-refractivity contribution in [3.63, 3.8) is 0 Å². The van der Waals surface area contributed by atoms with Gasteiger partial charge >= 0.3 is 0 Å². The molecule has 5 nitrogen and oxygen atoms in total. The summed E-state index contributed by atoms with van der Waals surface area (Å²) in [5, 5.41) is 14.4. The van der Waals surface area contributed by atoms with Crippen LogP contribution in [0.25, 0.3) is 0 Å². The molecule has 1 aliphatic heterocycles. The van der Waals surface area contributed by atoms with Crippen molar-refractivity contribution < 1.29 is 4.79 Å². The minimum atomic E-state index is 0.00308. The molecule has 1 fully saturated rings. The highest BCUT2D eigenvalue weighted by Crippen LogP contribution is 2.07. The van der Waals surface area contributed by atoms with Gasteiger partial charge in [0.1, 0.15) is 0 Å². The number of rotatable bonds is 5. The van der Waals surface area contributed by atoms with Crippen molar-refractivity contribution in [1.29, 1.82) is 5.26 Å². The van der Waals surface area contributed by atoms with Crippen LogP contribution in [0.2, 0.25) is 0 Å². The van der Waals surface area contributed by atoms with Crippen molar-refractivity contribution >= 4 is 5.91 Å². The molecule has 1 atom stereocenters. The van der Waals surface area contributed by atoms with Crippen LogP contribution < -0.4 is 10.6 Å². The van der Waals surface area contributed by atoms with Crippen molar-refractivity contribution in [1.82, 2.24) is 15.5 Å². The molecular formula is C11H20N4O. The number of nitrogens with one attached hydrogen (secondary N) is 2. The van der Waals surface area contributed by atoms with Crippen molar-refractivity contribution in [2.75, 3.05) is 33.2 Å². The Balaban J connectivity index is 2.19. The molecular weight excluding hydrogens is 204 g/mol. The lowest BCUT2D eigenvalue weighted by Gasteiger charge is -2.31. The van der Waals surface area contributed by atoms with Crippen molar-refractivity contribution in [2.45, 2.75) is 25.3 Å². The normalized spacial score (nSPS) is 20.4. The molecule has 0 radical (unpaired) electrons. The van der Waals surface area contributed by atoms with E-state index < -0.39 is 0 Å². The third kappa shape index (κ3) is 4.60. The number of nitrogens with zero attached hydrogens (tertiary/aromatic N) is 2. The van der Waals surface area contributed by atoms with Gasteiger partial charge in [-0.2, -0.15) is 5.26 Å². The summed E-state index contributed by atoms with van der Waals surface area (Å²) in [6.45, 7) is 2.91. The summed E-state index contributed by atoms with van der Waals surface area (Å²) < 4.78 is 0. The zero-order valence-electron chi connectivity index (χ0n) is 9.83. The van der Waals surface area contributed by atoms with Crippen LogP contribution in [0.1, 0.15) is 19.3 Å². The molecule has 0 aliphatic carbocycles. The van der Waals surface area contributed by atoms with Gasteiger partial charge in [0, 0.05) is 19.1 Å². The first-order valence-electron chi connectivity index (χ1n) is 5.78. The highest BCUT2D eigenvalue weighted by Gasteiger charge is 2.19. The first kappa shape index (κ1) is 12.9. The maximum absolute atomic E-state index is 11.5. The first-order valence-corrected chi connectivity index (χ1v) is 5.78. The standard InChI is InChI=1S/C11H20N4O/c1-15(10-4-2-6-13-8-10)9-11(16)14-7-3-5-12/h10,13H,2-4,6-9H2,1H3,(H,14,16). The molecule has 1 unspecified atom stereocenters. The summed E-state index contributed by atoms with van der Waals surface area (Å²) in [5.41, 5.74) is 0. The SMILES string of the molecule is CN(CC(=O)NCCC#N)C1CCCNC1. The van der Waals surface area contributed by atoms with E-state index in [1.807, 2.05) is 13.1 Å². The third-order valence-corrected chi connectivity index (χ3v) is 2.85. The van der Waals surface area contributed by atoms with E-state index in [-0.39, 0.29) is 5.91 Å². The zero-order valence-corrected chi connectivity index (χ0v) is 9.83. The fourth-order valence-corrected chi connectivity index (χ4v) is 1.88. The van der Waals surface area contributed by atoms with Crippen LogP contribution in [0.4, 0.5) is 0 Å². The summed E-state index contributed by atoms with van der Waals surface area (Å²) in [5.74, 6) is 0.00308. The Morgan fingerprint density at radius 2 is 2.50 bits per heavy atom. The summed E-state index contributed by atoms with van der Waals surface area (Å²) in [6, 6.07) is 2.46. The van der Waals surface area contributed by atoms with E-state index in [4.69, 9.17) is 5.26 Å². The second-order valence-corrected chi connectivity index (χ2v) is 4.17. The molecule has 0 bridgehead atoms. The van der Waals surface area contributed by atoms with Crippen molar-refractivity contribution in [2.24, 2.45) is 0 Å². The van der Waals surface area contributed by atoms with E-state index >= 15 is 0 Å². The fraction of sp³-hybridized carbons (Fsp3) is 0.818. The minimum Gasteiger partial charge on any atom is -0.354 e. The number of likely N-dealkylation sites (N-methyl/N-ethyl adjacent to an activating group) is 1. The molecule has 2 N–H and O–H groups in total. The lowest BCUT2D eigenvalue weighted by atomic mass is 10.1. The van der Waals surface area contributed by atoms with Gasteiger partial charge in [-0.3, -0.25) is 9.69 Å². The number of carbonyl (C=O) groups is 1. The second kappa shape index (κ2) is 7.20. The van der Waals surface area contributed by atoms with Crippen LogP contribution in [0, 0.1) is 11.3 Å². The molecule has 1 saturated heterocycles. The van der Waals surface area contributed by atoms with E-state index in [0.29, 0.717) is 25.6 Å². The van der Waals surface area contributed by atoms with Crippen LogP contribution in [0.5, 0.6) is 0 Å². The lowest BCUT2D eigenvalue weighted by molar-refractivity contribution is -0.122. The Bertz CT molecular complexity index is 255. The molecule has 0 saturated carbocycles. The molecule has 0 aromatic carbocycles. The lowest BCUT2D eigenvalue weighted by Crippen LogP contribution is -2.47. The summed E-state index contributed by atoms with van der Waals surface area (Å²) in [6.07, 6.45) is 2.69. The van der Waals surface area contributed by atoms with Gasteiger partial charge in [0.25, 0.3) is 0 Å². The van der Waals surface area contributed by atoms with Crippen molar-refractivity contribution in [3.8, 4) is 6.07 Å². The fourth-order valence-electron chi connectivity index (χ4n) is 1.88. The number of amides is 1. The summed E-state index contributed by atoms with van der Waals surface area (Å²) in [7, 11) is 1.97. The van der Waals surface area contributed by atoms with Crippen LogP contribution in [-0.4, -0.2) is 50.1 Å². The molecule has 0 aromatic rings. The Kier molecular flexibility index (Phi) is 5.83. The number of piperidine rings is 1. The number of hydrogen-bond donors (Lipinski definition) is 2. The maximum Gasteiger partial charge on any atom is 0.234 e. The van der Waals surface area contributed by atoms with Gasteiger partial charge in [-0.05, 0) is 26.4 Å². The average Bonchev–Trinajstić information content (AvgIpc) is 2.30. The number of hydrogen-bond acceptors (Lipinski definition) is 4. The van der Waals surface area contributed by atoms with Gasteiger partial charge in [-0.1, -0.05) is 0 Å². The van der Waals surface area contributed by atoms with E-state index in [1.54, 1.807) is 0 Å². The summed E-state index contributed by atoms with van der Waals surface area (Å²) >= 11 is 0. The van der Waals surface area contributed by atoms with E-state index in [0.717, 1.165) is 19.5 Å². The second-order valence-electron chi connectivity index (χ2n) is 4.17. The largest absolute Gasteiger partial charge is 0.354 e. The first-order chi connectivity index (χ1) is 7.74. The van der Waals surface area contributed by atoms with Gasteiger partial charge in [0.2, 0.25) is 5.91 Å². The molecule has 1 amide bonds. The topological polar surface area (TPSA) is 68.2 Å². The van der Waals surface area contributed by atoms with E-state index in [2.05, 4.69) is 15.5 Å². The Labute approximate surface area is 96.8 Å².